The van der Waals surface area contributed by atoms with Crippen LogP contribution in [0.15, 0.2) is 24.3 Å². The smallest absolute Gasteiger partial charge is 0.344 e. The van der Waals surface area contributed by atoms with Crippen molar-refractivity contribution in [3.05, 3.63) is 29.8 Å². The number of amides is 4. The van der Waals surface area contributed by atoms with Crippen LogP contribution < -0.4 is 15.5 Å². The zero-order valence-corrected chi connectivity index (χ0v) is 15.4. The predicted molar refractivity (Wildman–Crippen MR) is 95.8 cm³/mol. The fourth-order valence-corrected chi connectivity index (χ4v) is 3.41. The molecule has 1 saturated carbocycles. The van der Waals surface area contributed by atoms with Gasteiger partial charge < -0.3 is 10.1 Å². The maximum absolute atomic E-state index is 12.7. The van der Waals surface area contributed by atoms with Gasteiger partial charge in [0.15, 0.2) is 12.4 Å². The lowest BCUT2D eigenvalue weighted by Crippen LogP contribution is -2.52. The van der Waals surface area contributed by atoms with E-state index in [0.29, 0.717) is 30.1 Å². The van der Waals surface area contributed by atoms with E-state index in [9.17, 15) is 19.2 Å². The average molecular weight is 373 g/mol. The van der Waals surface area contributed by atoms with Crippen LogP contribution in [-0.4, -0.2) is 40.8 Å². The first-order valence-electron chi connectivity index (χ1n) is 9.01. The van der Waals surface area contributed by atoms with Crippen molar-refractivity contribution in [3.63, 3.8) is 0 Å². The molecule has 1 aliphatic heterocycles. The fraction of sp³-hybridized carbons (Fsp3) is 0.474. The van der Waals surface area contributed by atoms with Gasteiger partial charge >= 0.3 is 6.03 Å². The van der Waals surface area contributed by atoms with Crippen LogP contribution in [0.5, 0.6) is 5.75 Å². The molecule has 2 aliphatic rings. The number of nitrogens with zero attached hydrogens (tertiary/aromatic N) is 1. The highest BCUT2D eigenvalue weighted by Crippen LogP contribution is 2.35. The topological polar surface area (TPSA) is 105 Å². The molecule has 8 nitrogen and oxygen atoms in total. The molecule has 1 saturated heterocycles. The third-order valence-corrected chi connectivity index (χ3v) is 5.16. The van der Waals surface area contributed by atoms with E-state index in [1.165, 1.54) is 6.92 Å². The summed E-state index contributed by atoms with van der Waals surface area (Å²) in [6, 6.07) is 5.74. The van der Waals surface area contributed by atoms with Gasteiger partial charge in [0.1, 0.15) is 11.3 Å². The Morgan fingerprint density at radius 1 is 1.22 bits per heavy atom. The number of carbonyl (C=O) groups is 4. The number of hydrazine groups is 1. The molecule has 1 spiro atoms. The summed E-state index contributed by atoms with van der Waals surface area (Å²) in [5.41, 5.74) is 1.95. The zero-order valence-electron chi connectivity index (χ0n) is 15.4. The molecular weight excluding hydrogens is 350 g/mol. The van der Waals surface area contributed by atoms with Gasteiger partial charge in [-0.1, -0.05) is 6.92 Å². The van der Waals surface area contributed by atoms with Gasteiger partial charge in [-0.25, -0.2) is 4.79 Å². The van der Waals surface area contributed by atoms with Gasteiger partial charge in [-0.05, 0) is 62.8 Å². The Morgan fingerprint density at radius 3 is 2.44 bits per heavy atom. The normalized spacial score (nSPS) is 24.7. The largest absolute Gasteiger partial charge is 0.484 e. The SMILES string of the molecule is CC(=O)c1ccc(OCC(=O)NN2C(=O)NC3(CCC(C)CC3)C2=O)cc1. The highest BCUT2D eigenvalue weighted by molar-refractivity contribution is 6.08. The van der Waals surface area contributed by atoms with Crippen LogP contribution in [-0.2, 0) is 9.59 Å². The number of ketones is 1. The molecule has 4 amide bonds. The molecule has 1 heterocycles. The number of nitrogens with one attached hydrogen (secondary N) is 2. The van der Waals surface area contributed by atoms with Crippen molar-refractivity contribution in [1.29, 1.82) is 0 Å². The Bertz CT molecular complexity index is 766. The Hall–Kier alpha value is -2.90. The standard InChI is InChI=1S/C19H23N3O5/c1-12-7-9-19(10-8-12)17(25)22(18(26)20-19)21-16(24)11-27-15-5-3-14(4-6-15)13(2)23/h3-6,12H,7-11H2,1-2H3,(H,20,26)(H,21,24). The molecule has 1 aromatic carbocycles. The first kappa shape index (κ1) is 18.9. The zero-order chi connectivity index (χ0) is 19.6. The maximum atomic E-state index is 12.7. The van der Waals surface area contributed by atoms with E-state index in [0.717, 1.165) is 17.9 Å². The minimum atomic E-state index is -0.903. The molecule has 3 rings (SSSR count). The molecule has 144 valence electrons. The lowest BCUT2D eigenvalue weighted by molar-refractivity contribution is -0.140. The van der Waals surface area contributed by atoms with E-state index in [1.54, 1.807) is 24.3 Å². The van der Waals surface area contributed by atoms with Gasteiger partial charge in [0.25, 0.3) is 11.8 Å². The highest BCUT2D eigenvalue weighted by Gasteiger charge is 2.52. The second-order valence-electron chi connectivity index (χ2n) is 7.24. The molecule has 2 N–H and O–H groups in total. The van der Waals surface area contributed by atoms with Gasteiger partial charge in [0, 0.05) is 5.56 Å². The second kappa shape index (κ2) is 7.38. The van der Waals surface area contributed by atoms with Crippen molar-refractivity contribution < 1.29 is 23.9 Å². The minimum absolute atomic E-state index is 0.0658. The minimum Gasteiger partial charge on any atom is -0.484 e. The van der Waals surface area contributed by atoms with Gasteiger partial charge in [-0.3, -0.25) is 19.8 Å². The summed E-state index contributed by atoms with van der Waals surface area (Å²) in [5.74, 6) is -0.172. The Morgan fingerprint density at radius 2 is 1.85 bits per heavy atom. The predicted octanol–water partition coefficient (Wildman–Crippen LogP) is 1.80. The Kier molecular flexibility index (Phi) is 5.16. The van der Waals surface area contributed by atoms with E-state index in [-0.39, 0.29) is 12.4 Å². The summed E-state index contributed by atoms with van der Waals surface area (Å²) in [6.07, 6.45) is 2.86. The summed E-state index contributed by atoms with van der Waals surface area (Å²) in [7, 11) is 0. The number of urea groups is 1. The lowest BCUT2D eigenvalue weighted by Gasteiger charge is -2.33. The number of benzene rings is 1. The number of hydrogen-bond acceptors (Lipinski definition) is 5. The molecule has 1 aromatic rings. The lowest BCUT2D eigenvalue weighted by atomic mass is 9.77. The van der Waals surface area contributed by atoms with Crippen LogP contribution in [0.1, 0.15) is 49.9 Å². The van der Waals surface area contributed by atoms with Crippen molar-refractivity contribution in [2.24, 2.45) is 5.92 Å². The number of imide groups is 1. The molecule has 0 atom stereocenters. The summed E-state index contributed by atoms with van der Waals surface area (Å²) in [4.78, 5) is 48.2. The molecular formula is C19H23N3O5. The second-order valence-corrected chi connectivity index (χ2v) is 7.24. The fourth-order valence-electron chi connectivity index (χ4n) is 3.41. The highest BCUT2D eigenvalue weighted by atomic mass is 16.5. The van der Waals surface area contributed by atoms with Crippen LogP contribution >= 0.6 is 0 Å². The molecule has 0 unspecified atom stereocenters. The van der Waals surface area contributed by atoms with E-state index in [2.05, 4.69) is 17.7 Å². The average Bonchev–Trinajstić information content (AvgIpc) is 2.87. The summed E-state index contributed by atoms with van der Waals surface area (Å²) in [6.45, 7) is 3.22. The van der Waals surface area contributed by atoms with Crippen LogP contribution in [0, 0.1) is 5.92 Å². The molecule has 8 heteroatoms. The molecule has 0 bridgehead atoms. The van der Waals surface area contributed by atoms with Crippen molar-refractivity contribution in [2.45, 2.75) is 45.1 Å². The van der Waals surface area contributed by atoms with Crippen molar-refractivity contribution in [1.82, 2.24) is 15.8 Å². The third-order valence-electron chi connectivity index (χ3n) is 5.16. The van der Waals surface area contributed by atoms with E-state index in [1.807, 2.05) is 0 Å². The Labute approximate surface area is 157 Å². The van der Waals surface area contributed by atoms with Crippen molar-refractivity contribution in [2.75, 3.05) is 6.61 Å². The van der Waals surface area contributed by atoms with Crippen LogP contribution in [0.3, 0.4) is 0 Å². The van der Waals surface area contributed by atoms with E-state index < -0.39 is 23.4 Å². The van der Waals surface area contributed by atoms with Crippen LogP contribution in [0.25, 0.3) is 0 Å². The molecule has 27 heavy (non-hydrogen) atoms. The van der Waals surface area contributed by atoms with Crippen LogP contribution in [0.4, 0.5) is 4.79 Å². The number of Topliss-reactive ketones (excluding diaryl/α,β-unsaturated/α-hetero) is 1. The molecule has 1 aliphatic carbocycles. The number of hydrogen-bond donors (Lipinski definition) is 2. The van der Waals surface area contributed by atoms with Crippen LogP contribution in [0.2, 0.25) is 0 Å². The third kappa shape index (κ3) is 3.94. The number of ether oxygens (including phenoxy) is 1. The first-order chi connectivity index (χ1) is 12.8. The Balaban J connectivity index is 1.55. The quantitative estimate of drug-likeness (QED) is 0.605. The molecule has 2 fully saturated rings. The van der Waals surface area contributed by atoms with Gasteiger partial charge in [0.2, 0.25) is 0 Å². The molecule has 0 radical (unpaired) electrons. The number of carbonyl (C=O) groups excluding carboxylic acids is 4. The van der Waals surface area contributed by atoms with Gasteiger partial charge in [-0.2, -0.15) is 5.01 Å². The van der Waals surface area contributed by atoms with Gasteiger partial charge in [-0.15, -0.1) is 0 Å². The maximum Gasteiger partial charge on any atom is 0.344 e. The van der Waals surface area contributed by atoms with E-state index >= 15 is 0 Å². The number of rotatable bonds is 5. The van der Waals surface area contributed by atoms with Crippen molar-refractivity contribution in [3.8, 4) is 5.75 Å². The van der Waals surface area contributed by atoms with Gasteiger partial charge in [0.05, 0.1) is 0 Å². The summed E-state index contributed by atoms with van der Waals surface area (Å²) in [5, 5.41) is 3.49. The van der Waals surface area contributed by atoms with E-state index in [4.69, 9.17) is 4.74 Å². The summed E-state index contributed by atoms with van der Waals surface area (Å²) >= 11 is 0. The van der Waals surface area contributed by atoms with Crippen molar-refractivity contribution >= 4 is 23.6 Å². The monoisotopic (exact) mass is 373 g/mol. The first-order valence-corrected chi connectivity index (χ1v) is 9.01. The molecule has 0 aromatic heterocycles. The summed E-state index contributed by atoms with van der Waals surface area (Å²) < 4.78 is 5.34.